The zero-order valence-corrected chi connectivity index (χ0v) is 11.2. The van der Waals surface area contributed by atoms with Gasteiger partial charge in [0.2, 0.25) is 0 Å². The van der Waals surface area contributed by atoms with Gasteiger partial charge in [0.05, 0.1) is 6.54 Å². The fourth-order valence-electron chi connectivity index (χ4n) is 1.87. The van der Waals surface area contributed by atoms with Gasteiger partial charge >= 0.3 is 6.18 Å². The van der Waals surface area contributed by atoms with Gasteiger partial charge in [-0.05, 0) is 34.4 Å². The number of hydrogen-bond donors (Lipinski definition) is 1. The molecular weight excluding hydrogens is 271 g/mol. The van der Waals surface area contributed by atoms with E-state index in [1.165, 1.54) is 11.3 Å². The average molecular weight is 285 g/mol. The molecule has 2 rings (SSSR count). The van der Waals surface area contributed by atoms with Crippen molar-refractivity contribution in [3.05, 3.63) is 46.2 Å². The van der Waals surface area contributed by atoms with E-state index in [4.69, 9.17) is 0 Å². The van der Waals surface area contributed by atoms with Crippen LogP contribution in [0.4, 0.5) is 13.2 Å². The van der Waals surface area contributed by atoms with Crippen molar-refractivity contribution in [1.82, 2.24) is 5.32 Å². The third kappa shape index (κ3) is 4.08. The molecule has 0 radical (unpaired) electrons. The highest BCUT2D eigenvalue weighted by atomic mass is 32.1. The third-order valence-corrected chi connectivity index (χ3v) is 3.50. The number of nitrogens with one attached hydrogen (secondary N) is 1. The van der Waals surface area contributed by atoms with Gasteiger partial charge in [0.1, 0.15) is 0 Å². The molecule has 1 heterocycles. The standard InChI is InChI=1S/C14H14F3NS/c1-10-3-2-4-11(5-10)13-8-19-7-12(13)6-18-9-14(15,16)17/h2-5,7-8,18H,6,9H2,1H3. The van der Waals surface area contributed by atoms with Gasteiger partial charge in [-0.15, -0.1) is 0 Å². The highest BCUT2D eigenvalue weighted by Gasteiger charge is 2.26. The summed E-state index contributed by atoms with van der Waals surface area (Å²) in [6.45, 7) is 1.26. The van der Waals surface area contributed by atoms with E-state index in [0.717, 1.165) is 22.3 Å². The summed E-state index contributed by atoms with van der Waals surface area (Å²) < 4.78 is 36.3. The molecule has 102 valence electrons. The lowest BCUT2D eigenvalue weighted by atomic mass is 10.0. The number of hydrogen-bond acceptors (Lipinski definition) is 2. The van der Waals surface area contributed by atoms with Gasteiger partial charge in [0, 0.05) is 6.54 Å². The third-order valence-electron chi connectivity index (χ3n) is 2.71. The van der Waals surface area contributed by atoms with Crippen molar-refractivity contribution in [2.75, 3.05) is 6.54 Å². The van der Waals surface area contributed by atoms with Crippen LogP contribution >= 0.6 is 11.3 Å². The summed E-state index contributed by atoms with van der Waals surface area (Å²) in [5.41, 5.74) is 4.09. The Morgan fingerprint density at radius 3 is 2.68 bits per heavy atom. The second-order valence-corrected chi connectivity index (χ2v) is 5.14. The topological polar surface area (TPSA) is 12.0 Å². The summed E-state index contributed by atoms with van der Waals surface area (Å²) in [7, 11) is 0. The molecule has 0 bridgehead atoms. The lowest BCUT2D eigenvalue weighted by molar-refractivity contribution is -0.125. The molecule has 0 aliphatic rings. The van der Waals surface area contributed by atoms with Gasteiger partial charge in [0.25, 0.3) is 0 Å². The minimum Gasteiger partial charge on any atom is -0.305 e. The molecule has 0 aliphatic heterocycles. The van der Waals surface area contributed by atoms with Crippen LogP contribution in [0.5, 0.6) is 0 Å². The van der Waals surface area contributed by atoms with E-state index in [1.54, 1.807) is 0 Å². The molecule has 0 unspecified atom stereocenters. The maximum Gasteiger partial charge on any atom is 0.401 e. The molecule has 2 aromatic rings. The summed E-state index contributed by atoms with van der Waals surface area (Å²) in [4.78, 5) is 0. The maximum absolute atomic E-state index is 12.1. The molecule has 0 aliphatic carbocycles. The second-order valence-electron chi connectivity index (χ2n) is 4.40. The number of thiophene rings is 1. The number of rotatable bonds is 4. The number of alkyl halides is 3. The van der Waals surface area contributed by atoms with Crippen LogP contribution in [0.2, 0.25) is 0 Å². The lowest BCUT2D eigenvalue weighted by Gasteiger charge is -2.09. The Labute approximate surface area is 114 Å². The normalized spacial score (nSPS) is 11.8. The first-order valence-electron chi connectivity index (χ1n) is 5.85. The van der Waals surface area contributed by atoms with Crippen molar-refractivity contribution in [3.63, 3.8) is 0 Å². The van der Waals surface area contributed by atoms with Crippen LogP contribution in [0, 0.1) is 6.92 Å². The summed E-state index contributed by atoms with van der Waals surface area (Å²) in [5.74, 6) is 0. The van der Waals surface area contributed by atoms with Gasteiger partial charge in [-0.2, -0.15) is 24.5 Å². The Kier molecular flexibility index (Phi) is 4.27. The van der Waals surface area contributed by atoms with E-state index < -0.39 is 12.7 Å². The molecule has 0 atom stereocenters. The van der Waals surface area contributed by atoms with Crippen LogP contribution in [0.15, 0.2) is 35.0 Å². The van der Waals surface area contributed by atoms with Crippen molar-refractivity contribution in [2.24, 2.45) is 0 Å². The first-order chi connectivity index (χ1) is 8.96. The van der Waals surface area contributed by atoms with E-state index in [1.807, 2.05) is 41.9 Å². The SMILES string of the molecule is Cc1cccc(-c2cscc2CNCC(F)(F)F)c1. The van der Waals surface area contributed by atoms with Crippen LogP contribution in [-0.4, -0.2) is 12.7 Å². The molecule has 1 aromatic heterocycles. The number of halogens is 3. The average Bonchev–Trinajstić information content (AvgIpc) is 2.75. The van der Waals surface area contributed by atoms with Crippen LogP contribution in [0.1, 0.15) is 11.1 Å². The summed E-state index contributed by atoms with van der Waals surface area (Å²) in [6, 6.07) is 7.96. The van der Waals surface area contributed by atoms with Gasteiger partial charge in [-0.3, -0.25) is 0 Å². The summed E-state index contributed by atoms with van der Waals surface area (Å²) in [6.07, 6.45) is -4.17. The predicted molar refractivity (Wildman–Crippen MR) is 72.3 cm³/mol. The van der Waals surface area contributed by atoms with Crippen LogP contribution < -0.4 is 5.32 Å². The van der Waals surface area contributed by atoms with Gasteiger partial charge in [-0.25, -0.2) is 0 Å². The van der Waals surface area contributed by atoms with E-state index in [9.17, 15) is 13.2 Å². The predicted octanol–water partition coefficient (Wildman–Crippen LogP) is 4.38. The van der Waals surface area contributed by atoms with Crippen molar-refractivity contribution >= 4 is 11.3 Å². The molecular formula is C14H14F3NS. The van der Waals surface area contributed by atoms with E-state index in [2.05, 4.69) is 5.32 Å². The molecule has 0 amide bonds. The molecule has 1 N–H and O–H groups in total. The molecule has 1 aromatic carbocycles. The summed E-state index contributed by atoms with van der Waals surface area (Å²) in [5, 5.41) is 6.30. The molecule has 1 nitrogen and oxygen atoms in total. The van der Waals surface area contributed by atoms with Gasteiger partial charge in [-0.1, -0.05) is 29.8 Å². The number of aryl methyl sites for hydroxylation is 1. The Morgan fingerprint density at radius 1 is 1.21 bits per heavy atom. The molecule has 5 heteroatoms. The minimum atomic E-state index is -4.17. The van der Waals surface area contributed by atoms with Crippen LogP contribution in [0.3, 0.4) is 0 Å². The first kappa shape index (κ1) is 14.1. The molecule has 0 fully saturated rings. The summed E-state index contributed by atoms with van der Waals surface area (Å²) >= 11 is 1.50. The molecule has 0 saturated carbocycles. The second kappa shape index (κ2) is 5.75. The fourth-order valence-corrected chi connectivity index (χ4v) is 2.73. The highest BCUT2D eigenvalue weighted by Crippen LogP contribution is 2.28. The van der Waals surface area contributed by atoms with E-state index in [-0.39, 0.29) is 6.54 Å². The Balaban J connectivity index is 2.10. The number of benzene rings is 1. The highest BCUT2D eigenvalue weighted by molar-refractivity contribution is 7.08. The fraction of sp³-hybridized carbons (Fsp3) is 0.286. The van der Waals surface area contributed by atoms with E-state index >= 15 is 0 Å². The Bertz CT molecular complexity index is 546. The van der Waals surface area contributed by atoms with Gasteiger partial charge in [0.15, 0.2) is 0 Å². The van der Waals surface area contributed by atoms with Crippen molar-refractivity contribution in [2.45, 2.75) is 19.6 Å². The zero-order chi connectivity index (χ0) is 13.9. The van der Waals surface area contributed by atoms with E-state index in [0.29, 0.717) is 0 Å². The van der Waals surface area contributed by atoms with Crippen LogP contribution in [0.25, 0.3) is 11.1 Å². The van der Waals surface area contributed by atoms with Crippen molar-refractivity contribution < 1.29 is 13.2 Å². The quantitative estimate of drug-likeness (QED) is 0.879. The minimum absolute atomic E-state index is 0.228. The smallest absolute Gasteiger partial charge is 0.305 e. The van der Waals surface area contributed by atoms with Crippen molar-refractivity contribution in [3.8, 4) is 11.1 Å². The largest absolute Gasteiger partial charge is 0.401 e. The first-order valence-corrected chi connectivity index (χ1v) is 6.79. The van der Waals surface area contributed by atoms with Crippen LogP contribution in [-0.2, 0) is 6.54 Å². The monoisotopic (exact) mass is 285 g/mol. The molecule has 0 saturated heterocycles. The van der Waals surface area contributed by atoms with Crippen molar-refractivity contribution in [1.29, 1.82) is 0 Å². The van der Waals surface area contributed by atoms with Gasteiger partial charge < -0.3 is 5.32 Å². The molecule has 19 heavy (non-hydrogen) atoms. The Hall–Kier alpha value is -1.33. The zero-order valence-electron chi connectivity index (χ0n) is 10.4. The Morgan fingerprint density at radius 2 is 2.00 bits per heavy atom. The molecule has 0 spiro atoms. The lowest BCUT2D eigenvalue weighted by Crippen LogP contribution is -2.28. The maximum atomic E-state index is 12.1.